The molecule has 21 heavy (non-hydrogen) atoms. The summed E-state index contributed by atoms with van der Waals surface area (Å²) >= 11 is 0. The van der Waals surface area contributed by atoms with Crippen molar-refractivity contribution in [3.63, 3.8) is 0 Å². The van der Waals surface area contributed by atoms with Gasteiger partial charge >= 0.3 is 0 Å². The van der Waals surface area contributed by atoms with Gasteiger partial charge in [0.1, 0.15) is 11.6 Å². The molecule has 5 heteroatoms. The minimum atomic E-state index is -0.493. The Morgan fingerprint density at radius 2 is 1.90 bits per heavy atom. The number of benzene rings is 1. The van der Waals surface area contributed by atoms with E-state index in [1.165, 1.54) is 18.2 Å². The second-order valence-electron chi connectivity index (χ2n) is 5.77. The summed E-state index contributed by atoms with van der Waals surface area (Å²) in [6.07, 6.45) is 2.11. The Labute approximate surface area is 125 Å². The van der Waals surface area contributed by atoms with Crippen molar-refractivity contribution < 1.29 is 13.9 Å². The van der Waals surface area contributed by atoms with E-state index in [-0.39, 0.29) is 18.2 Å². The van der Waals surface area contributed by atoms with Crippen molar-refractivity contribution in [2.24, 2.45) is 5.92 Å². The summed E-state index contributed by atoms with van der Waals surface area (Å²) in [5.41, 5.74) is 0.121. The highest BCUT2D eigenvalue weighted by Crippen LogP contribution is 2.22. The highest BCUT2D eigenvalue weighted by Gasteiger charge is 2.21. The Bertz CT molecular complexity index is 428. The molecule has 1 fully saturated rings. The van der Waals surface area contributed by atoms with Crippen LogP contribution in [0.25, 0.3) is 0 Å². The van der Waals surface area contributed by atoms with E-state index in [9.17, 15) is 8.78 Å². The zero-order valence-corrected chi connectivity index (χ0v) is 12.5. The second kappa shape index (κ2) is 7.82. The lowest BCUT2D eigenvalue weighted by Crippen LogP contribution is -2.39. The molecule has 0 spiro atoms. The molecule has 0 saturated carbocycles. The molecule has 1 heterocycles. The lowest BCUT2D eigenvalue weighted by molar-refractivity contribution is 0.145. The van der Waals surface area contributed by atoms with Crippen molar-refractivity contribution in [3.05, 3.63) is 35.4 Å². The first-order chi connectivity index (χ1) is 10.1. The minimum absolute atomic E-state index is 0.121. The first-order valence-corrected chi connectivity index (χ1v) is 7.62. The third kappa shape index (κ3) is 4.46. The van der Waals surface area contributed by atoms with Gasteiger partial charge in [-0.1, -0.05) is 6.07 Å². The van der Waals surface area contributed by atoms with Gasteiger partial charge in [-0.2, -0.15) is 0 Å². The molecule has 1 atom stereocenters. The fourth-order valence-corrected chi connectivity index (χ4v) is 2.93. The van der Waals surface area contributed by atoms with Gasteiger partial charge in [0.25, 0.3) is 0 Å². The molecule has 0 radical (unpaired) electrons. The predicted molar refractivity (Wildman–Crippen MR) is 79.0 cm³/mol. The molecule has 0 aliphatic carbocycles. The van der Waals surface area contributed by atoms with Gasteiger partial charge in [-0.25, -0.2) is 8.78 Å². The molecular formula is C16H24F2N2O. The molecule has 1 aliphatic rings. The fourth-order valence-electron chi connectivity index (χ4n) is 2.93. The highest BCUT2D eigenvalue weighted by atomic mass is 19.1. The largest absolute Gasteiger partial charge is 0.395 e. The number of aliphatic hydroxyl groups is 1. The van der Waals surface area contributed by atoms with Gasteiger partial charge < -0.3 is 15.3 Å². The Hall–Kier alpha value is -1.04. The molecule has 0 bridgehead atoms. The zero-order valence-electron chi connectivity index (χ0n) is 12.5. The molecule has 0 aromatic heterocycles. The molecule has 1 aromatic rings. The Morgan fingerprint density at radius 1 is 1.29 bits per heavy atom. The molecule has 2 N–H and O–H groups in total. The van der Waals surface area contributed by atoms with Crippen LogP contribution >= 0.6 is 0 Å². The Morgan fingerprint density at radius 3 is 2.48 bits per heavy atom. The summed E-state index contributed by atoms with van der Waals surface area (Å²) < 4.78 is 27.4. The summed E-state index contributed by atoms with van der Waals surface area (Å²) in [6, 6.07) is 3.65. The lowest BCUT2D eigenvalue weighted by Gasteiger charge is -2.32. The van der Waals surface area contributed by atoms with E-state index < -0.39 is 11.6 Å². The van der Waals surface area contributed by atoms with Gasteiger partial charge in [0.2, 0.25) is 0 Å². The molecule has 1 saturated heterocycles. The van der Waals surface area contributed by atoms with Crippen LogP contribution in [-0.4, -0.2) is 42.8 Å². The van der Waals surface area contributed by atoms with Crippen LogP contribution in [0.15, 0.2) is 18.2 Å². The summed E-state index contributed by atoms with van der Waals surface area (Å²) in [6.45, 7) is 5.46. The highest BCUT2D eigenvalue weighted by molar-refractivity contribution is 5.22. The summed E-state index contributed by atoms with van der Waals surface area (Å²) in [5, 5.41) is 12.2. The van der Waals surface area contributed by atoms with E-state index in [0.717, 1.165) is 39.0 Å². The van der Waals surface area contributed by atoms with Crippen LogP contribution in [-0.2, 0) is 0 Å². The number of aliphatic hydroxyl groups excluding tert-OH is 1. The van der Waals surface area contributed by atoms with Crippen LogP contribution in [0.5, 0.6) is 0 Å². The number of hydrogen-bond acceptors (Lipinski definition) is 3. The van der Waals surface area contributed by atoms with Gasteiger partial charge in [0, 0.05) is 18.2 Å². The first kappa shape index (κ1) is 16.3. The summed E-state index contributed by atoms with van der Waals surface area (Å²) in [4.78, 5) is 2.25. The topological polar surface area (TPSA) is 35.5 Å². The van der Waals surface area contributed by atoms with E-state index in [1.807, 2.05) is 0 Å². The average molecular weight is 298 g/mol. The third-order valence-corrected chi connectivity index (χ3v) is 4.27. The molecule has 1 aromatic carbocycles. The normalized spacial score (nSPS) is 18.9. The molecular weight excluding hydrogens is 274 g/mol. The van der Waals surface area contributed by atoms with Crippen molar-refractivity contribution in [1.29, 1.82) is 0 Å². The van der Waals surface area contributed by atoms with Crippen LogP contribution in [0.2, 0.25) is 0 Å². The van der Waals surface area contributed by atoms with Gasteiger partial charge in [-0.15, -0.1) is 0 Å². The summed E-state index contributed by atoms with van der Waals surface area (Å²) in [5.74, 6) is -0.460. The smallest absolute Gasteiger partial charge is 0.130 e. The monoisotopic (exact) mass is 298 g/mol. The van der Waals surface area contributed by atoms with Crippen LogP contribution < -0.4 is 5.32 Å². The van der Waals surface area contributed by atoms with Crippen molar-refractivity contribution in [2.75, 3.05) is 32.8 Å². The van der Waals surface area contributed by atoms with Gasteiger partial charge in [-0.05, 0) is 57.5 Å². The van der Waals surface area contributed by atoms with Crippen LogP contribution in [0, 0.1) is 17.6 Å². The maximum Gasteiger partial charge on any atom is 0.130 e. The molecule has 118 valence electrons. The maximum atomic E-state index is 13.7. The number of β-amino-alcohol motifs (C(OH)–C–C–N with tert-alkyl or cyclic N) is 1. The molecule has 1 unspecified atom stereocenters. The van der Waals surface area contributed by atoms with E-state index >= 15 is 0 Å². The van der Waals surface area contributed by atoms with Gasteiger partial charge in [0.15, 0.2) is 0 Å². The number of piperidine rings is 1. The standard InChI is InChI=1S/C16H24F2N2O/c1-12(16-14(17)3-2-4-15(16)18)19-11-13-5-7-20(8-6-13)9-10-21/h2-4,12-13,19,21H,5-11H2,1H3. The maximum absolute atomic E-state index is 13.7. The molecule has 2 rings (SSSR count). The van der Waals surface area contributed by atoms with Crippen molar-refractivity contribution in [1.82, 2.24) is 10.2 Å². The zero-order chi connectivity index (χ0) is 15.2. The molecule has 0 amide bonds. The van der Waals surface area contributed by atoms with Crippen molar-refractivity contribution >= 4 is 0 Å². The second-order valence-corrected chi connectivity index (χ2v) is 5.77. The lowest BCUT2D eigenvalue weighted by atomic mass is 9.96. The van der Waals surface area contributed by atoms with Gasteiger partial charge in [0.05, 0.1) is 6.61 Å². The average Bonchev–Trinajstić information content (AvgIpc) is 2.47. The van der Waals surface area contributed by atoms with Crippen LogP contribution in [0.4, 0.5) is 8.78 Å². The van der Waals surface area contributed by atoms with E-state index in [0.29, 0.717) is 5.92 Å². The number of halogens is 2. The predicted octanol–water partition coefficient (Wildman–Crippen LogP) is 2.32. The summed E-state index contributed by atoms with van der Waals surface area (Å²) in [7, 11) is 0. The van der Waals surface area contributed by atoms with E-state index in [2.05, 4.69) is 10.2 Å². The first-order valence-electron chi connectivity index (χ1n) is 7.62. The number of hydrogen-bond donors (Lipinski definition) is 2. The van der Waals surface area contributed by atoms with Crippen molar-refractivity contribution in [2.45, 2.75) is 25.8 Å². The number of nitrogens with one attached hydrogen (secondary N) is 1. The van der Waals surface area contributed by atoms with E-state index in [1.54, 1.807) is 6.92 Å². The van der Waals surface area contributed by atoms with Crippen LogP contribution in [0.1, 0.15) is 31.4 Å². The van der Waals surface area contributed by atoms with Crippen molar-refractivity contribution in [3.8, 4) is 0 Å². The quantitative estimate of drug-likeness (QED) is 0.846. The number of nitrogens with zero attached hydrogens (tertiary/aromatic N) is 1. The number of likely N-dealkylation sites (tertiary alicyclic amines) is 1. The molecule has 3 nitrogen and oxygen atoms in total. The SMILES string of the molecule is CC(NCC1CCN(CCO)CC1)c1c(F)cccc1F. The number of rotatable bonds is 6. The molecule has 1 aliphatic heterocycles. The van der Waals surface area contributed by atoms with Gasteiger partial charge in [-0.3, -0.25) is 0 Å². The Kier molecular flexibility index (Phi) is 6.08. The van der Waals surface area contributed by atoms with Crippen LogP contribution in [0.3, 0.4) is 0 Å². The fraction of sp³-hybridized carbons (Fsp3) is 0.625. The van der Waals surface area contributed by atoms with E-state index in [4.69, 9.17) is 5.11 Å². The third-order valence-electron chi connectivity index (χ3n) is 4.27. The Balaban J connectivity index is 1.81. The minimum Gasteiger partial charge on any atom is -0.395 e.